The molecule has 0 atom stereocenters. The van der Waals surface area contributed by atoms with Crippen LogP contribution in [0.3, 0.4) is 0 Å². The van der Waals surface area contributed by atoms with E-state index in [0.717, 1.165) is 10.2 Å². The first-order chi connectivity index (χ1) is 11.5. The molecule has 24 heavy (non-hydrogen) atoms. The van der Waals surface area contributed by atoms with Crippen molar-refractivity contribution in [3.8, 4) is 11.3 Å². The van der Waals surface area contributed by atoms with Crippen LogP contribution in [0.5, 0.6) is 0 Å². The third-order valence-electron chi connectivity index (χ3n) is 3.65. The second-order valence-electron chi connectivity index (χ2n) is 5.15. The van der Waals surface area contributed by atoms with Crippen molar-refractivity contribution in [1.29, 1.82) is 0 Å². The largest absolute Gasteiger partial charge is 0.548 e. The van der Waals surface area contributed by atoms with Gasteiger partial charge in [0.05, 0.1) is 23.5 Å². The molecule has 7 heteroatoms. The predicted octanol–water partition coefficient (Wildman–Crippen LogP) is 1.62. The average Bonchev–Trinajstić information content (AvgIpc) is 2.57. The van der Waals surface area contributed by atoms with Crippen LogP contribution in [0.1, 0.15) is 0 Å². The van der Waals surface area contributed by atoms with Gasteiger partial charge >= 0.3 is 0 Å². The summed E-state index contributed by atoms with van der Waals surface area (Å²) in [5.74, 6) is -1.33. The highest BCUT2D eigenvalue weighted by atomic mass is 79.9. The third-order valence-corrected chi connectivity index (χ3v) is 4.14. The first-order valence-electron chi connectivity index (χ1n) is 7.18. The minimum absolute atomic E-state index is 0.181. The molecule has 0 aliphatic carbocycles. The summed E-state index contributed by atoms with van der Waals surface area (Å²) < 4.78 is 1.96. The molecular weight excluding hydrogens is 374 g/mol. The van der Waals surface area contributed by atoms with E-state index in [1.165, 1.54) is 4.57 Å². The molecule has 1 heterocycles. The number of halogens is 1. The van der Waals surface area contributed by atoms with E-state index in [9.17, 15) is 14.7 Å². The molecule has 0 radical (unpaired) electrons. The van der Waals surface area contributed by atoms with Gasteiger partial charge in [0.15, 0.2) is 0 Å². The number of hydrogen-bond donors (Lipinski definition) is 1. The summed E-state index contributed by atoms with van der Waals surface area (Å²) >= 11 is 3.39. The van der Waals surface area contributed by atoms with Gasteiger partial charge in [0.1, 0.15) is 5.69 Å². The van der Waals surface area contributed by atoms with Crippen LogP contribution in [0.25, 0.3) is 22.3 Å². The van der Waals surface area contributed by atoms with E-state index in [0.29, 0.717) is 16.6 Å². The molecule has 0 saturated heterocycles. The first-order valence-corrected chi connectivity index (χ1v) is 7.97. The van der Waals surface area contributed by atoms with Gasteiger partial charge in [-0.15, -0.1) is 0 Å². The number of carbonyl (C=O) groups is 1. The van der Waals surface area contributed by atoms with E-state index in [1.807, 2.05) is 12.1 Å². The van der Waals surface area contributed by atoms with Gasteiger partial charge in [0, 0.05) is 22.8 Å². The number of hydrogen-bond acceptors (Lipinski definition) is 5. The normalized spacial score (nSPS) is 10.8. The molecule has 0 fully saturated rings. The van der Waals surface area contributed by atoms with E-state index in [-0.39, 0.29) is 5.69 Å². The lowest BCUT2D eigenvalue weighted by atomic mass is 10.1. The molecule has 0 aliphatic rings. The third kappa shape index (κ3) is 2.90. The summed E-state index contributed by atoms with van der Waals surface area (Å²) in [6, 6.07) is 12.3. The summed E-state index contributed by atoms with van der Waals surface area (Å²) in [5.41, 5.74) is 2.01. The smallest absolute Gasteiger partial charge is 0.278 e. The Hall–Kier alpha value is -2.67. The van der Waals surface area contributed by atoms with Crippen LogP contribution in [-0.4, -0.2) is 22.6 Å². The lowest BCUT2D eigenvalue weighted by Crippen LogP contribution is -2.34. The van der Waals surface area contributed by atoms with Crippen LogP contribution < -0.4 is 16.0 Å². The van der Waals surface area contributed by atoms with Gasteiger partial charge < -0.3 is 15.2 Å². The maximum atomic E-state index is 12.9. The molecule has 1 aromatic heterocycles. The van der Waals surface area contributed by atoms with Gasteiger partial charge in [0.25, 0.3) is 5.56 Å². The SMILES string of the molecule is CNc1ccc(Br)cc1-c1nc2ccccc2n(CC(=O)[O-])c1=O. The lowest BCUT2D eigenvalue weighted by molar-refractivity contribution is -0.306. The number of carbonyl (C=O) groups excluding carboxylic acids is 1. The van der Waals surface area contributed by atoms with Crippen molar-refractivity contribution in [3.05, 3.63) is 57.3 Å². The molecule has 3 aromatic rings. The van der Waals surface area contributed by atoms with Crippen molar-refractivity contribution in [3.63, 3.8) is 0 Å². The van der Waals surface area contributed by atoms with E-state index in [2.05, 4.69) is 26.2 Å². The quantitative estimate of drug-likeness (QED) is 0.735. The summed E-state index contributed by atoms with van der Waals surface area (Å²) in [6.07, 6.45) is 0. The number of nitrogens with zero attached hydrogens (tertiary/aromatic N) is 2. The topological polar surface area (TPSA) is 87.1 Å². The van der Waals surface area contributed by atoms with Crippen LogP contribution in [-0.2, 0) is 11.3 Å². The highest BCUT2D eigenvalue weighted by Gasteiger charge is 2.15. The van der Waals surface area contributed by atoms with Crippen LogP contribution in [0.2, 0.25) is 0 Å². The predicted molar refractivity (Wildman–Crippen MR) is 93.7 cm³/mol. The van der Waals surface area contributed by atoms with Crippen molar-refractivity contribution < 1.29 is 9.90 Å². The maximum Gasteiger partial charge on any atom is 0.278 e. The molecule has 3 rings (SSSR count). The van der Waals surface area contributed by atoms with Gasteiger partial charge in [-0.25, -0.2) is 4.98 Å². The molecule has 0 spiro atoms. The number of aromatic nitrogens is 2. The Bertz CT molecular complexity index is 998. The molecular formula is C17H13BrN3O3-. The van der Waals surface area contributed by atoms with Gasteiger partial charge in [-0.05, 0) is 30.3 Å². The minimum Gasteiger partial charge on any atom is -0.548 e. The molecule has 2 aromatic carbocycles. The fraction of sp³-hybridized carbons (Fsp3) is 0.118. The second-order valence-corrected chi connectivity index (χ2v) is 6.07. The Morgan fingerprint density at radius 2 is 2.04 bits per heavy atom. The monoisotopic (exact) mass is 386 g/mol. The summed E-state index contributed by atoms with van der Waals surface area (Å²) in [7, 11) is 1.74. The van der Waals surface area contributed by atoms with Gasteiger partial charge in [-0.2, -0.15) is 0 Å². The number of carboxylic acid groups (broad SMARTS) is 1. The fourth-order valence-corrected chi connectivity index (χ4v) is 2.95. The molecule has 122 valence electrons. The van der Waals surface area contributed by atoms with Gasteiger partial charge in [-0.3, -0.25) is 9.36 Å². The van der Waals surface area contributed by atoms with Crippen LogP contribution in [0, 0.1) is 0 Å². The highest BCUT2D eigenvalue weighted by Crippen LogP contribution is 2.28. The minimum atomic E-state index is -1.33. The molecule has 0 saturated carbocycles. The lowest BCUT2D eigenvalue weighted by Gasteiger charge is -2.14. The van der Waals surface area contributed by atoms with Crippen molar-refractivity contribution in [1.82, 2.24) is 9.55 Å². The highest BCUT2D eigenvalue weighted by molar-refractivity contribution is 9.10. The van der Waals surface area contributed by atoms with E-state index >= 15 is 0 Å². The van der Waals surface area contributed by atoms with Crippen LogP contribution in [0.15, 0.2) is 51.7 Å². The number of fused-ring (bicyclic) bond motifs is 1. The Morgan fingerprint density at radius 3 is 2.75 bits per heavy atom. The van der Waals surface area contributed by atoms with E-state index < -0.39 is 18.1 Å². The molecule has 0 bridgehead atoms. The van der Waals surface area contributed by atoms with Crippen molar-refractivity contribution in [2.24, 2.45) is 0 Å². The number of benzene rings is 2. The zero-order valence-electron chi connectivity index (χ0n) is 12.7. The molecule has 1 N–H and O–H groups in total. The molecule has 0 unspecified atom stereocenters. The Balaban J connectivity index is 2.38. The van der Waals surface area contributed by atoms with Gasteiger partial charge in [-0.1, -0.05) is 28.1 Å². The maximum absolute atomic E-state index is 12.9. The van der Waals surface area contributed by atoms with Crippen molar-refractivity contribution in [2.45, 2.75) is 6.54 Å². The average molecular weight is 387 g/mol. The number of para-hydroxylation sites is 2. The second kappa shape index (κ2) is 6.45. The Morgan fingerprint density at radius 1 is 1.29 bits per heavy atom. The summed E-state index contributed by atoms with van der Waals surface area (Å²) in [4.78, 5) is 28.4. The molecule has 0 amide bonds. The fourth-order valence-electron chi connectivity index (χ4n) is 2.58. The molecule has 6 nitrogen and oxygen atoms in total. The zero-order valence-corrected chi connectivity index (χ0v) is 14.3. The van der Waals surface area contributed by atoms with Crippen LogP contribution >= 0.6 is 15.9 Å². The van der Waals surface area contributed by atoms with Crippen molar-refractivity contribution >= 4 is 38.6 Å². The zero-order chi connectivity index (χ0) is 17.3. The first kappa shape index (κ1) is 16.2. The van der Waals surface area contributed by atoms with Crippen LogP contribution in [0.4, 0.5) is 5.69 Å². The number of aliphatic carboxylic acids is 1. The number of anilines is 1. The van der Waals surface area contributed by atoms with Gasteiger partial charge in [0.2, 0.25) is 0 Å². The van der Waals surface area contributed by atoms with E-state index in [1.54, 1.807) is 37.4 Å². The number of carboxylic acids is 1. The summed E-state index contributed by atoms with van der Waals surface area (Å²) in [5, 5.41) is 14.1. The standard InChI is InChI=1S/C17H14BrN3O3/c1-19-12-7-6-10(18)8-11(12)16-17(24)21(9-15(22)23)14-5-3-2-4-13(14)20-16/h2-8,19H,9H2,1H3,(H,22,23)/p-1. The summed E-state index contributed by atoms with van der Waals surface area (Å²) in [6.45, 7) is -0.530. The Labute approximate surface area is 145 Å². The van der Waals surface area contributed by atoms with Crippen molar-refractivity contribution in [2.75, 3.05) is 12.4 Å². The Kier molecular flexibility index (Phi) is 4.35. The number of rotatable bonds is 4. The number of nitrogens with one attached hydrogen (secondary N) is 1. The van der Waals surface area contributed by atoms with E-state index in [4.69, 9.17) is 0 Å². The molecule has 0 aliphatic heterocycles.